The van der Waals surface area contributed by atoms with E-state index in [1.54, 1.807) is 6.07 Å². The van der Waals surface area contributed by atoms with E-state index in [4.69, 9.17) is 4.74 Å². The average Bonchev–Trinajstić information content (AvgIpc) is 2.55. The second-order valence-corrected chi connectivity index (χ2v) is 19.9. The van der Waals surface area contributed by atoms with Crippen molar-refractivity contribution in [2.75, 3.05) is 11.4 Å². The number of carbonyl (C=O) groups excluding carboxylic acids is 1. The Morgan fingerprint density at radius 3 is 2.56 bits per heavy atom. The molecule has 0 spiro atoms. The summed E-state index contributed by atoms with van der Waals surface area (Å²) < 4.78 is 19.9. The molecule has 0 unspecified atom stereocenters. The van der Waals surface area contributed by atoms with Gasteiger partial charge in [-0.05, 0) is 0 Å². The van der Waals surface area contributed by atoms with Gasteiger partial charge in [0.05, 0.1) is 0 Å². The Bertz CT molecular complexity index is 484. The van der Waals surface area contributed by atoms with Gasteiger partial charge in [-0.25, -0.2) is 0 Å². The van der Waals surface area contributed by atoms with Crippen LogP contribution in [-0.4, -0.2) is 37.1 Å². The van der Waals surface area contributed by atoms with Crippen LogP contribution in [0.3, 0.4) is 0 Å². The van der Waals surface area contributed by atoms with Crippen molar-refractivity contribution in [2.45, 2.75) is 20.9 Å². The quantitative estimate of drug-likeness (QED) is 0.762. The Hall–Kier alpha value is -0.781. The van der Waals surface area contributed by atoms with E-state index in [2.05, 4.69) is 21.7 Å². The predicted octanol–water partition coefficient (Wildman–Crippen LogP) is 2.53. The van der Waals surface area contributed by atoms with Crippen LogP contribution >= 0.6 is 0 Å². The monoisotopic (exact) mass is 358 g/mol. The van der Waals surface area contributed by atoms with E-state index < -0.39 is 24.5 Å². The molecule has 1 heterocycles. The fourth-order valence-corrected chi connectivity index (χ4v) is 5.93. The molecule has 1 aromatic rings. The zero-order chi connectivity index (χ0) is 13.5. The summed E-state index contributed by atoms with van der Waals surface area (Å²) in [4.78, 5) is 19.4. The normalized spacial score (nSPS) is 20.2. The fourth-order valence-electron chi connectivity index (χ4n) is 2.01. The van der Waals surface area contributed by atoms with E-state index in [0.29, 0.717) is 12.2 Å². The first-order valence-corrected chi connectivity index (χ1v) is 15.9. The van der Waals surface area contributed by atoms with Crippen molar-refractivity contribution in [3.8, 4) is 0 Å². The van der Waals surface area contributed by atoms with Crippen molar-refractivity contribution in [3.05, 3.63) is 30.9 Å². The van der Waals surface area contributed by atoms with Crippen molar-refractivity contribution in [1.29, 1.82) is 0 Å². The average molecular weight is 357 g/mol. The minimum absolute atomic E-state index is 0.212. The molecule has 97 valence electrons. The number of hydrogen-bond donors (Lipinski definition) is 0. The third-order valence-electron chi connectivity index (χ3n) is 2.95. The summed E-state index contributed by atoms with van der Waals surface area (Å²) in [6.45, 7) is 4.05. The predicted molar refractivity (Wildman–Crippen MR) is 72.4 cm³/mol. The van der Waals surface area contributed by atoms with Crippen LogP contribution in [0.2, 0.25) is 14.8 Å². The van der Waals surface area contributed by atoms with Gasteiger partial charge in [0.1, 0.15) is 0 Å². The molecule has 2 rings (SSSR count). The number of carbonyl (C=O) groups is 1. The number of hydrogen-bond acceptors (Lipinski definition) is 2. The number of amides is 1. The third kappa shape index (κ3) is 2.63. The standard InChI is InChI=1S/C10H8FNO2.3CH3.Sn/c1-7-6-12(10(13)14-7)9-4-2-3-8(11)5-9;;;;/h2,4-5,7H,1,6H2;3*1H3;/t7-;;;;/m0..../s1. The molecule has 18 heavy (non-hydrogen) atoms. The van der Waals surface area contributed by atoms with Crippen LogP contribution in [0, 0.1) is 12.7 Å². The van der Waals surface area contributed by atoms with Crippen LogP contribution in [0.25, 0.3) is 0 Å². The molecule has 0 saturated carbocycles. The molecule has 1 aliphatic heterocycles. The summed E-state index contributed by atoms with van der Waals surface area (Å²) in [5.41, 5.74) is 0.544. The molecule has 0 aliphatic carbocycles. The van der Waals surface area contributed by atoms with Crippen LogP contribution in [0.15, 0.2) is 18.2 Å². The summed E-state index contributed by atoms with van der Waals surface area (Å²) in [6, 6.07) is 5.03. The Morgan fingerprint density at radius 1 is 1.44 bits per heavy atom. The topological polar surface area (TPSA) is 29.5 Å². The van der Waals surface area contributed by atoms with Gasteiger partial charge in [-0.1, -0.05) is 0 Å². The first kappa shape index (κ1) is 13.6. The summed E-state index contributed by atoms with van der Waals surface area (Å²) >= 11 is -2.43. The Balaban J connectivity index is 2.32. The van der Waals surface area contributed by atoms with Gasteiger partial charge in [-0.15, -0.1) is 0 Å². The van der Waals surface area contributed by atoms with Gasteiger partial charge in [0, 0.05) is 0 Å². The maximum absolute atomic E-state index is 14.1. The number of halogens is 1. The van der Waals surface area contributed by atoms with Crippen molar-refractivity contribution in [1.82, 2.24) is 0 Å². The molecule has 1 aliphatic rings. The third-order valence-corrected chi connectivity index (χ3v) is 8.72. The molecular formula is C13H17FNO2Sn. The first-order chi connectivity index (χ1) is 8.29. The molecular weight excluding hydrogens is 340 g/mol. The molecule has 1 aromatic carbocycles. The van der Waals surface area contributed by atoms with Gasteiger partial charge in [0.15, 0.2) is 0 Å². The summed E-state index contributed by atoms with van der Waals surface area (Å²) in [5.74, 6) is -0.212. The number of cyclic esters (lactones) is 1. The summed E-state index contributed by atoms with van der Waals surface area (Å²) in [6.07, 6.45) is -0.844. The summed E-state index contributed by atoms with van der Waals surface area (Å²) in [7, 11) is 0. The Morgan fingerprint density at radius 2 is 2.11 bits per heavy atom. The molecule has 1 saturated heterocycles. The van der Waals surface area contributed by atoms with Crippen LogP contribution in [0.4, 0.5) is 14.9 Å². The molecule has 1 atom stereocenters. The molecule has 0 aromatic heterocycles. The van der Waals surface area contributed by atoms with E-state index in [-0.39, 0.29) is 11.9 Å². The second-order valence-electron chi connectivity index (χ2n) is 5.53. The van der Waals surface area contributed by atoms with Gasteiger partial charge in [-0.3, -0.25) is 0 Å². The molecule has 5 heteroatoms. The van der Waals surface area contributed by atoms with Crippen molar-refractivity contribution >= 4 is 33.7 Å². The number of nitrogens with zero attached hydrogens (tertiary/aromatic N) is 1. The first-order valence-electron chi connectivity index (χ1n) is 5.90. The molecule has 0 bridgehead atoms. The van der Waals surface area contributed by atoms with Crippen LogP contribution in [-0.2, 0) is 4.74 Å². The van der Waals surface area contributed by atoms with Gasteiger partial charge >= 0.3 is 111 Å². The molecule has 1 radical (unpaired) electrons. The number of benzene rings is 1. The van der Waals surface area contributed by atoms with Gasteiger partial charge in [0.2, 0.25) is 0 Å². The van der Waals surface area contributed by atoms with Crippen molar-refractivity contribution in [3.63, 3.8) is 0 Å². The Labute approximate surface area is 111 Å². The summed E-state index contributed by atoms with van der Waals surface area (Å²) in [5, 5.41) is 0. The number of rotatable bonds is 2. The number of ether oxygens (including phenoxy) is 1. The van der Waals surface area contributed by atoms with Crippen LogP contribution < -0.4 is 8.48 Å². The fraction of sp³-hybridized carbons (Fsp3) is 0.385. The second kappa shape index (κ2) is 4.72. The molecule has 3 nitrogen and oxygen atoms in total. The SMILES string of the molecule is [CH2][C@H]1CN(c2cc[c]([Sn]([CH3])([CH3])[CH3])c(F)c2)C(=O)O1. The van der Waals surface area contributed by atoms with E-state index in [0.717, 1.165) is 3.58 Å². The van der Waals surface area contributed by atoms with Gasteiger partial charge in [-0.2, -0.15) is 0 Å². The molecule has 1 amide bonds. The van der Waals surface area contributed by atoms with E-state index >= 15 is 0 Å². The maximum atomic E-state index is 14.1. The zero-order valence-corrected chi connectivity index (χ0v) is 13.7. The van der Waals surface area contributed by atoms with Crippen molar-refractivity contribution < 1.29 is 13.9 Å². The van der Waals surface area contributed by atoms with Crippen molar-refractivity contribution in [2.24, 2.45) is 0 Å². The van der Waals surface area contributed by atoms with E-state index in [1.807, 2.05) is 6.07 Å². The van der Waals surface area contributed by atoms with Gasteiger partial charge in [0.25, 0.3) is 0 Å². The van der Waals surface area contributed by atoms with Gasteiger partial charge < -0.3 is 0 Å². The molecule has 0 N–H and O–H groups in total. The number of anilines is 1. The zero-order valence-electron chi connectivity index (χ0n) is 10.9. The van der Waals surface area contributed by atoms with E-state index in [9.17, 15) is 9.18 Å². The molecule has 1 fully saturated rings. The van der Waals surface area contributed by atoms with E-state index in [1.165, 1.54) is 11.0 Å². The van der Waals surface area contributed by atoms with Crippen LogP contribution in [0.5, 0.6) is 0 Å². The Kier molecular flexibility index (Phi) is 3.58. The minimum atomic E-state index is -2.43. The van der Waals surface area contributed by atoms with Crippen LogP contribution in [0.1, 0.15) is 0 Å².